The highest BCUT2D eigenvalue weighted by atomic mass is 32.1. The molecule has 28 heavy (non-hydrogen) atoms. The summed E-state index contributed by atoms with van der Waals surface area (Å²) in [7, 11) is 0. The van der Waals surface area contributed by atoms with Crippen LogP contribution in [0.4, 0.5) is 0 Å². The van der Waals surface area contributed by atoms with Gasteiger partial charge in [-0.25, -0.2) is 5.01 Å². The van der Waals surface area contributed by atoms with Gasteiger partial charge in [-0.1, -0.05) is 30.3 Å². The van der Waals surface area contributed by atoms with Gasteiger partial charge in [-0.2, -0.15) is 5.10 Å². The van der Waals surface area contributed by atoms with Crippen molar-refractivity contribution in [2.45, 2.75) is 25.6 Å². The van der Waals surface area contributed by atoms with Gasteiger partial charge in [-0.05, 0) is 36.6 Å². The third-order valence-electron chi connectivity index (χ3n) is 5.05. The van der Waals surface area contributed by atoms with E-state index in [1.54, 1.807) is 23.5 Å². The van der Waals surface area contributed by atoms with Crippen LogP contribution in [0.5, 0.6) is 17.2 Å². The lowest BCUT2D eigenvalue weighted by Crippen LogP contribution is -2.33. The van der Waals surface area contributed by atoms with Crippen LogP contribution in [0.15, 0.2) is 65.1 Å². The van der Waals surface area contributed by atoms with Crippen LogP contribution in [0.3, 0.4) is 0 Å². The first-order valence-electron chi connectivity index (χ1n) is 9.35. The minimum atomic E-state index is -0.297. The second kappa shape index (κ2) is 6.87. The second-order valence-corrected chi connectivity index (χ2v) is 7.77. The van der Waals surface area contributed by atoms with Crippen molar-refractivity contribution in [1.29, 1.82) is 0 Å². The highest BCUT2D eigenvalue weighted by Crippen LogP contribution is 2.51. The number of para-hydroxylation sites is 1. The Morgan fingerprint density at radius 1 is 1.21 bits per heavy atom. The fourth-order valence-corrected chi connectivity index (χ4v) is 4.58. The maximum atomic E-state index is 9.88. The topological polar surface area (TPSA) is 54.3 Å². The van der Waals surface area contributed by atoms with Gasteiger partial charge in [0.15, 0.2) is 11.5 Å². The van der Waals surface area contributed by atoms with Crippen LogP contribution in [0.1, 0.15) is 41.6 Å². The van der Waals surface area contributed by atoms with Crippen molar-refractivity contribution >= 4 is 17.0 Å². The zero-order valence-electron chi connectivity index (χ0n) is 15.4. The fraction of sp³-hybridized carbons (Fsp3) is 0.227. The molecule has 0 saturated carbocycles. The Morgan fingerprint density at radius 2 is 2.11 bits per heavy atom. The van der Waals surface area contributed by atoms with Crippen molar-refractivity contribution in [3.8, 4) is 17.2 Å². The summed E-state index contributed by atoms with van der Waals surface area (Å²) in [6, 6.07) is 17.5. The average Bonchev–Trinajstić information content (AvgIpc) is 3.38. The SMILES string of the molecule is CCOc1cccc2c1O[C@H](c1cccs1)N1N=C(c3cccc(O)c3)C[C@H]21. The van der Waals surface area contributed by atoms with Gasteiger partial charge in [0.1, 0.15) is 5.75 Å². The number of hydrazone groups is 1. The zero-order chi connectivity index (χ0) is 19.1. The Bertz CT molecular complexity index is 1030. The number of rotatable bonds is 4. The molecule has 3 aromatic rings. The highest BCUT2D eigenvalue weighted by Gasteiger charge is 2.42. The number of ether oxygens (including phenoxy) is 2. The number of benzene rings is 2. The summed E-state index contributed by atoms with van der Waals surface area (Å²) in [5.41, 5.74) is 2.96. The molecule has 2 atom stereocenters. The van der Waals surface area contributed by atoms with Crippen LogP contribution < -0.4 is 9.47 Å². The molecule has 0 unspecified atom stereocenters. The number of fused-ring (bicyclic) bond motifs is 3. The van der Waals surface area contributed by atoms with Crippen molar-refractivity contribution in [3.05, 3.63) is 76.0 Å². The monoisotopic (exact) mass is 392 g/mol. The first-order valence-corrected chi connectivity index (χ1v) is 10.2. The van der Waals surface area contributed by atoms with Crippen molar-refractivity contribution in [1.82, 2.24) is 5.01 Å². The molecule has 0 bridgehead atoms. The molecule has 1 aromatic heterocycles. The zero-order valence-corrected chi connectivity index (χ0v) is 16.2. The third-order valence-corrected chi connectivity index (χ3v) is 5.95. The van der Waals surface area contributed by atoms with Crippen molar-refractivity contribution in [3.63, 3.8) is 0 Å². The van der Waals surface area contributed by atoms with Gasteiger partial charge >= 0.3 is 0 Å². The summed E-state index contributed by atoms with van der Waals surface area (Å²) in [6.45, 7) is 2.56. The van der Waals surface area contributed by atoms with Gasteiger partial charge in [0.05, 0.1) is 23.2 Å². The summed E-state index contributed by atoms with van der Waals surface area (Å²) in [5, 5.41) is 18.9. The van der Waals surface area contributed by atoms with Crippen molar-refractivity contribution < 1.29 is 14.6 Å². The third kappa shape index (κ3) is 2.81. The molecule has 142 valence electrons. The van der Waals surface area contributed by atoms with E-state index in [1.807, 2.05) is 47.6 Å². The molecule has 1 N–H and O–H groups in total. The predicted molar refractivity (Wildman–Crippen MR) is 109 cm³/mol. The number of phenols is 1. The van der Waals surface area contributed by atoms with Gasteiger partial charge in [0.2, 0.25) is 6.23 Å². The van der Waals surface area contributed by atoms with Crippen LogP contribution in [0.25, 0.3) is 0 Å². The second-order valence-electron chi connectivity index (χ2n) is 6.79. The van der Waals surface area contributed by atoms with E-state index in [9.17, 15) is 5.11 Å². The number of aromatic hydroxyl groups is 1. The molecule has 0 fully saturated rings. The van der Waals surface area contributed by atoms with Gasteiger partial charge in [-0.3, -0.25) is 0 Å². The Hall–Kier alpha value is -2.99. The van der Waals surface area contributed by atoms with Crippen LogP contribution in [0.2, 0.25) is 0 Å². The molecule has 3 heterocycles. The summed E-state index contributed by atoms with van der Waals surface area (Å²) in [4.78, 5) is 1.10. The molecule has 0 spiro atoms. The molecule has 2 aliphatic heterocycles. The van der Waals surface area contributed by atoms with E-state index in [2.05, 4.69) is 12.1 Å². The van der Waals surface area contributed by atoms with E-state index in [0.717, 1.165) is 39.6 Å². The Kier molecular flexibility index (Phi) is 4.20. The minimum absolute atomic E-state index is 0.0635. The predicted octanol–water partition coefficient (Wildman–Crippen LogP) is 5.09. The standard InChI is InChI=1S/C22H20N2O3S/c1-2-26-19-9-4-8-16-18-13-17(14-6-3-7-15(25)12-14)23-24(18)22(27-21(16)19)20-10-5-11-28-20/h3-12,18,22,25H,2,13H2,1H3/t18-,22-/m1/s1. The van der Waals surface area contributed by atoms with Crippen LogP contribution in [-0.4, -0.2) is 22.4 Å². The number of thiophene rings is 1. The molecule has 0 radical (unpaired) electrons. The van der Waals surface area contributed by atoms with Gasteiger partial charge in [0, 0.05) is 17.5 Å². The van der Waals surface area contributed by atoms with E-state index in [-0.39, 0.29) is 18.0 Å². The summed E-state index contributed by atoms with van der Waals surface area (Å²) in [6.07, 6.45) is 0.450. The molecule has 0 amide bonds. The maximum absolute atomic E-state index is 9.88. The van der Waals surface area contributed by atoms with E-state index in [4.69, 9.17) is 14.6 Å². The Morgan fingerprint density at radius 3 is 2.89 bits per heavy atom. The summed E-state index contributed by atoms with van der Waals surface area (Å²) in [5.74, 6) is 1.82. The first-order chi connectivity index (χ1) is 13.7. The molecular formula is C22H20N2O3S. The fourth-order valence-electron chi connectivity index (χ4n) is 3.83. The van der Waals surface area contributed by atoms with E-state index in [0.29, 0.717) is 6.61 Å². The van der Waals surface area contributed by atoms with Gasteiger partial charge in [0.25, 0.3) is 0 Å². The quantitative estimate of drug-likeness (QED) is 0.672. The van der Waals surface area contributed by atoms with E-state index < -0.39 is 0 Å². The van der Waals surface area contributed by atoms with Crippen LogP contribution in [-0.2, 0) is 0 Å². The highest BCUT2D eigenvalue weighted by molar-refractivity contribution is 7.10. The van der Waals surface area contributed by atoms with E-state index in [1.165, 1.54) is 0 Å². The minimum Gasteiger partial charge on any atom is -0.508 e. The number of nitrogens with zero attached hydrogens (tertiary/aromatic N) is 2. The number of hydrogen-bond acceptors (Lipinski definition) is 6. The largest absolute Gasteiger partial charge is 0.508 e. The van der Waals surface area contributed by atoms with Crippen LogP contribution >= 0.6 is 11.3 Å². The Balaban J connectivity index is 1.61. The lowest BCUT2D eigenvalue weighted by atomic mass is 9.96. The maximum Gasteiger partial charge on any atom is 0.223 e. The molecule has 5 nitrogen and oxygen atoms in total. The summed E-state index contributed by atoms with van der Waals surface area (Å²) >= 11 is 1.66. The van der Waals surface area contributed by atoms with Gasteiger partial charge < -0.3 is 14.6 Å². The van der Waals surface area contributed by atoms with E-state index >= 15 is 0 Å². The molecular weight excluding hydrogens is 372 g/mol. The molecule has 2 aromatic carbocycles. The molecule has 0 aliphatic carbocycles. The van der Waals surface area contributed by atoms with Crippen molar-refractivity contribution in [2.24, 2.45) is 5.10 Å². The van der Waals surface area contributed by atoms with Crippen LogP contribution in [0, 0.1) is 0 Å². The Labute approximate surface area is 167 Å². The van der Waals surface area contributed by atoms with Gasteiger partial charge in [-0.15, -0.1) is 11.3 Å². The first kappa shape index (κ1) is 17.1. The summed E-state index contributed by atoms with van der Waals surface area (Å²) < 4.78 is 12.3. The lowest BCUT2D eigenvalue weighted by molar-refractivity contribution is -0.0188. The average molecular weight is 392 g/mol. The molecule has 2 aliphatic rings. The van der Waals surface area contributed by atoms with Crippen molar-refractivity contribution in [2.75, 3.05) is 6.61 Å². The smallest absolute Gasteiger partial charge is 0.223 e. The molecule has 6 heteroatoms. The number of hydrogen-bond donors (Lipinski definition) is 1. The molecule has 0 saturated heterocycles. The molecule has 5 rings (SSSR count). The lowest BCUT2D eigenvalue weighted by Gasteiger charge is -2.38. The normalized spacial score (nSPS) is 20.2. The number of phenolic OH excluding ortho intramolecular Hbond substituents is 1.